The molecule has 0 saturated carbocycles. The van der Waals surface area contributed by atoms with Gasteiger partial charge >= 0.3 is 5.97 Å². The molecule has 2 aromatic carbocycles. The highest BCUT2D eigenvalue weighted by atomic mass is 35.5. The van der Waals surface area contributed by atoms with Crippen LogP contribution >= 0.6 is 23.2 Å². The van der Waals surface area contributed by atoms with Gasteiger partial charge in [-0.1, -0.05) is 35.3 Å². The van der Waals surface area contributed by atoms with E-state index in [9.17, 15) is 9.59 Å². The second-order valence-electron chi connectivity index (χ2n) is 5.90. The maximum atomic E-state index is 12.9. The molecule has 4 rings (SSSR count). The Morgan fingerprint density at radius 2 is 1.86 bits per heavy atom. The van der Waals surface area contributed by atoms with E-state index in [4.69, 9.17) is 41.5 Å². The zero-order valence-electron chi connectivity index (χ0n) is 14.7. The molecule has 0 fully saturated rings. The molecular weight excluding hydrogens is 419 g/mol. The summed E-state index contributed by atoms with van der Waals surface area (Å²) < 4.78 is 21.7. The van der Waals surface area contributed by atoms with Crippen LogP contribution in [0, 0.1) is 0 Å². The number of fused-ring (bicyclic) bond motifs is 1. The van der Waals surface area contributed by atoms with Gasteiger partial charge in [-0.25, -0.2) is 4.79 Å². The highest BCUT2D eigenvalue weighted by molar-refractivity contribution is 6.35. The van der Waals surface area contributed by atoms with Crippen LogP contribution in [0.2, 0.25) is 10.0 Å². The van der Waals surface area contributed by atoms with Gasteiger partial charge in [0.15, 0.2) is 12.4 Å². The van der Waals surface area contributed by atoms with Gasteiger partial charge in [0.1, 0.15) is 11.3 Å². The molecule has 29 heavy (non-hydrogen) atoms. The molecule has 2 aromatic heterocycles. The molecule has 0 bridgehead atoms. The van der Waals surface area contributed by atoms with Crippen LogP contribution in [0.5, 0.6) is 11.5 Å². The Morgan fingerprint density at radius 1 is 1.03 bits per heavy atom. The van der Waals surface area contributed by atoms with E-state index in [2.05, 4.69) is 0 Å². The van der Waals surface area contributed by atoms with E-state index >= 15 is 0 Å². The van der Waals surface area contributed by atoms with Gasteiger partial charge in [0.25, 0.3) is 0 Å². The first-order valence-corrected chi connectivity index (χ1v) is 9.17. The molecule has 0 aliphatic heterocycles. The van der Waals surface area contributed by atoms with Crippen molar-refractivity contribution >= 4 is 40.1 Å². The molecule has 0 saturated heterocycles. The smallest absolute Gasteiger partial charge is 0.349 e. The van der Waals surface area contributed by atoms with Crippen LogP contribution < -0.4 is 14.9 Å². The lowest BCUT2D eigenvalue weighted by atomic mass is 10.2. The molecule has 0 atom stereocenters. The Labute approximate surface area is 174 Å². The zero-order chi connectivity index (χ0) is 20.4. The quantitative estimate of drug-likeness (QED) is 0.397. The summed E-state index contributed by atoms with van der Waals surface area (Å²) in [5.74, 6) is -0.584. The topological polar surface area (TPSA) is 78.9 Å². The van der Waals surface area contributed by atoms with Crippen molar-refractivity contribution in [2.45, 2.75) is 0 Å². The van der Waals surface area contributed by atoms with Gasteiger partial charge in [-0.3, -0.25) is 4.79 Å². The van der Waals surface area contributed by atoms with Gasteiger partial charge in [-0.05, 0) is 42.5 Å². The largest absolute Gasteiger partial charge is 0.480 e. The number of halogens is 2. The van der Waals surface area contributed by atoms with Crippen molar-refractivity contribution in [3.8, 4) is 23.0 Å². The van der Waals surface area contributed by atoms with Crippen molar-refractivity contribution in [1.82, 2.24) is 0 Å². The monoisotopic (exact) mass is 430 g/mol. The number of hydrogen-bond donors (Lipinski definition) is 0. The molecule has 8 heteroatoms. The second kappa shape index (κ2) is 8.03. The number of benzene rings is 2. The van der Waals surface area contributed by atoms with Gasteiger partial charge in [0, 0.05) is 5.02 Å². The number of carbonyl (C=O) groups is 1. The number of furan rings is 1. The van der Waals surface area contributed by atoms with Crippen molar-refractivity contribution < 1.29 is 23.1 Å². The van der Waals surface area contributed by atoms with Gasteiger partial charge in [-0.15, -0.1) is 0 Å². The molecule has 0 radical (unpaired) electrons. The SMILES string of the molecule is O=C(COc1ccc(Cl)cc1Cl)Oc1c(-c2ccco2)oc2ccccc2c1=O. The van der Waals surface area contributed by atoms with E-state index in [-0.39, 0.29) is 33.4 Å². The van der Waals surface area contributed by atoms with Crippen LogP contribution in [0.15, 0.2) is 74.5 Å². The van der Waals surface area contributed by atoms with E-state index in [0.29, 0.717) is 10.6 Å². The van der Waals surface area contributed by atoms with Crippen LogP contribution in [-0.2, 0) is 4.79 Å². The van der Waals surface area contributed by atoms with Crippen LogP contribution in [0.25, 0.3) is 22.5 Å². The summed E-state index contributed by atoms with van der Waals surface area (Å²) in [7, 11) is 0. The maximum absolute atomic E-state index is 12.9. The molecule has 4 aromatic rings. The summed E-state index contributed by atoms with van der Waals surface area (Å²) in [6.07, 6.45) is 1.42. The van der Waals surface area contributed by atoms with E-state index in [1.165, 1.54) is 18.4 Å². The third-order valence-electron chi connectivity index (χ3n) is 3.96. The lowest BCUT2D eigenvalue weighted by Gasteiger charge is -2.10. The van der Waals surface area contributed by atoms with Crippen molar-refractivity contribution in [1.29, 1.82) is 0 Å². The predicted molar refractivity (Wildman–Crippen MR) is 108 cm³/mol. The maximum Gasteiger partial charge on any atom is 0.349 e. The normalized spacial score (nSPS) is 10.8. The van der Waals surface area contributed by atoms with Crippen LogP contribution in [0.3, 0.4) is 0 Å². The van der Waals surface area contributed by atoms with E-state index in [1.807, 2.05) is 0 Å². The Hall–Kier alpha value is -3.22. The predicted octanol–water partition coefficient (Wildman–Crippen LogP) is 5.34. The molecule has 2 heterocycles. The Balaban J connectivity index is 1.64. The average Bonchev–Trinajstić information content (AvgIpc) is 3.24. The van der Waals surface area contributed by atoms with Crippen molar-refractivity contribution in [3.05, 3.63) is 81.1 Å². The zero-order valence-corrected chi connectivity index (χ0v) is 16.2. The summed E-state index contributed by atoms with van der Waals surface area (Å²) >= 11 is 11.9. The van der Waals surface area contributed by atoms with Gasteiger partial charge in [-0.2, -0.15) is 0 Å². The highest BCUT2D eigenvalue weighted by Gasteiger charge is 2.22. The minimum Gasteiger partial charge on any atom is -0.480 e. The van der Waals surface area contributed by atoms with Crippen molar-refractivity contribution in [3.63, 3.8) is 0 Å². The van der Waals surface area contributed by atoms with E-state index in [0.717, 1.165) is 0 Å². The van der Waals surface area contributed by atoms with Gasteiger partial charge < -0.3 is 18.3 Å². The highest BCUT2D eigenvalue weighted by Crippen LogP contribution is 2.31. The molecule has 0 aliphatic rings. The number of rotatable bonds is 5. The third-order valence-corrected chi connectivity index (χ3v) is 4.49. The van der Waals surface area contributed by atoms with Crippen LogP contribution in [0.1, 0.15) is 0 Å². The van der Waals surface area contributed by atoms with Gasteiger partial charge in [0.2, 0.25) is 16.9 Å². The Kier molecular flexibility index (Phi) is 5.29. The summed E-state index contributed by atoms with van der Waals surface area (Å²) in [5.41, 5.74) is -0.163. The molecule has 0 N–H and O–H groups in total. The molecule has 0 unspecified atom stereocenters. The first-order valence-electron chi connectivity index (χ1n) is 8.41. The van der Waals surface area contributed by atoms with Crippen molar-refractivity contribution in [2.75, 3.05) is 6.61 Å². The van der Waals surface area contributed by atoms with Crippen molar-refractivity contribution in [2.24, 2.45) is 0 Å². The minimum absolute atomic E-state index is 0.0107. The third kappa shape index (κ3) is 3.99. The number of para-hydroxylation sites is 1. The number of carbonyl (C=O) groups excluding carboxylic acids is 1. The van der Waals surface area contributed by atoms with E-state index in [1.54, 1.807) is 42.5 Å². The molecule has 0 aliphatic carbocycles. The van der Waals surface area contributed by atoms with Crippen LogP contribution in [-0.4, -0.2) is 12.6 Å². The molecular formula is C21H12Cl2O6. The van der Waals surface area contributed by atoms with Gasteiger partial charge in [0.05, 0.1) is 16.7 Å². The summed E-state index contributed by atoms with van der Waals surface area (Å²) in [6, 6.07) is 14.4. The fourth-order valence-corrected chi connectivity index (χ4v) is 3.12. The summed E-state index contributed by atoms with van der Waals surface area (Å²) in [6.45, 7) is -0.481. The summed E-state index contributed by atoms with van der Waals surface area (Å²) in [5, 5.41) is 0.945. The number of esters is 1. The van der Waals surface area contributed by atoms with Crippen LogP contribution in [0.4, 0.5) is 0 Å². The average molecular weight is 431 g/mol. The number of ether oxygens (including phenoxy) is 2. The molecule has 0 amide bonds. The van der Waals surface area contributed by atoms with E-state index < -0.39 is 18.0 Å². The first kappa shape index (κ1) is 19.1. The lowest BCUT2D eigenvalue weighted by molar-refractivity contribution is -0.136. The minimum atomic E-state index is -0.814. The Bertz CT molecular complexity index is 1240. The fourth-order valence-electron chi connectivity index (χ4n) is 2.66. The number of hydrogen-bond acceptors (Lipinski definition) is 6. The standard InChI is InChI=1S/C21H12Cl2O6/c22-12-7-8-16(14(23)10-12)27-11-18(24)29-21-19(25)13-4-1-2-5-15(13)28-20(21)17-6-3-9-26-17/h1-10H,11H2. The second-order valence-corrected chi connectivity index (χ2v) is 6.74. The molecule has 0 spiro atoms. The first-order chi connectivity index (χ1) is 14.0. The lowest BCUT2D eigenvalue weighted by Crippen LogP contribution is -2.21. The molecule has 146 valence electrons. The molecule has 6 nitrogen and oxygen atoms in total. The fraction of sp³-hybridized carbons (Fsp3) is 0.0476. The summed E-state index contributed by atoms with van der Waals surface area (Å²) in [4.78, 5) is 25.2. The Morgan fingerprint density at radius 3 is 2.62 bits per heavy atom.